The molecule has 2 rings (SSSR count). The summed E-state index contributed by atoms with van der Waals surface area (Å²) in [7, 11) is 0. The number of carbonyl (C=O) groups is 1. The Morgan fingerprint density at radius 1 is 1.17 bits per heavy atom. The number of carbonyl (C=O) groups excluding carboxylic acids is 1. The SMILES string of the molecule is CCCCOc1cc2ccccc2cc1C(C)=O. The second-order valence-corrected chi connectivity index (χ2v) is 4.45. The average molecular weight is 242 g/mol. The molecular formula is C16H18O2. The highest BCUT2D eigenvalue weighted by molar-refractivity contribution is 6.01. The Hall–Kier alpha value is -1.83. The number of rotatable bonds is 5. The van der Waals surface area contributed by atoms with Crippen LogP contribution in [0.1, 0.15) is 37.0 Å². The summed E-state index contributed by atoms with van der Waals surface area (Å²) in [5, 5.41) is 2.18. The van der Waals surface area contributed by atoms with E-state index in [0.29, 0.717) is 17.9 Å². The molecule has 0 atom stereocenters. The minimum absolute atomic E-state index is 0.0484. The van der Waals surface area contributed by atoms with Gasteiger partial charge in [-0.15, -0.1) is 0 Å². The third kappa shape index (κ3) is 2.70. The molecule has 0 N–H and O–H groups in total. The maximum atomic E-state index is 11.7. The highest BCUT2D eigenvalue weighted by Gasteiger charge is 2.10. The fraction of sp³-hybridized carbons (Fsp3) is 0.312. The first-order valence-electron chi connectivity index (χ1n) is 6.39. The van der Waals surface area contributed by atoms with Crippen LogP contribution in [0.4, 0.5) is 0 Å². The number of hydrogen-bond acceptors (Lipinski definition) is 2. The van der Waals surface area contributed by atoms with Crippen molar-refractivity contribution in [3.8, 4) is 5.75 Å². The molecule has 0 aliphatic rings. The van der Waals surface area contributed by atoms with Crippen molar-refractivity contribution >= 4 is 16.6 Å². The van der Waals surface area contributed by atoms with E-state index in [1.165, 1.54) is 0 Å². The lowest BCUT2D eigenvalue weighted by Crippen LogP contribution is -2.02. The topological polar surface area (TPSA) is 26.3 Å². The molecule has 2 aromatic rings. The maximum absolute atomic E-state index is 11.7. The Kier molecular flexibility index (Phi) is 3.98. The minimum atomic E-state index is 0.0484. The molecule has 0 aliphatic heterocycles. The van der Waals surface area contributed by atoms with E-state index >= 15 is 0 Å². The molecule has 0 aromatic heterocycles. The zero-order valence-corrected chi connectivity index (χ0v) is 10.9. The fourth-order valence-electron chi connectivity index (χ4n) is 1.94. The lowest BCUT2D eigenvalue weighted by Gasteiger charge is -2.11. The van der Waals surface area contributed by atoms with Crippen molar-refractivity contribution in [1.29, 1.82) is 0 Å². The van der Waals surface area contributed by atoms with Gasteiger partial charge in [-0.2, -0.15) is 0 Å². The first kappa shape index (κ1) is 12.6. The van der Waals surface area contributed by atoms with Crippen LogP contribution in [0, 0.1) is 0 Å². The fourth-order valence-corrected chi connectivity index (χ4v) is 1.94. The number of fused-ring (bicyclic) bond motifs is 1. The van der Waals surface area contributed by atoms with E-state index in [9.17, 15) is 4.79 Å². The number of Topliss-reactive ketones (excluding diaryl/α,β-unsaturated/α-hetero) is 1. The molecule has 0 bridgehead atoms. The Bertz CT molecular complexity index is 558. The molecule has 0 spiro atoms. The van der Waals surface area contributed by atoms with E-state index in [1.54, 1.807) is 6.92 Å². The molecule has 0 radical (unpaired) electrons. The van der Waals surface area contributed by atoms with Crippen molar-refractivity contribution in [2.24, 2.45) is 0 Å². The predicted octanol–water partition coefficient (Wildman–Crippen LogP) is 4.22. The van der Waals surface area contributed by atoms with E-state index in [0.717, 1.165) is 23.6 Å². The number of hydrogen-bond donors (Lipinski definition) is 0. The highest BCUT2D eigenvalue weighted by atomic mass is 16.5. The van der Waals surface area contributed by atoms with Gasteiger partial charge in [0.15, 0.2) is 5.78 Å². The molecule has 2 nitrogen and oxygen atoms in total. The molecule has 2 aromatic carbocycles. The Balaban J connectivity index is 2.41. The third-order valence-electron chi connectivity index (χ3n) is 2.98. The van der Waals surface area contributed by atoms with E-state index in [2.05, 4.69) is 6.92 Å². The molecular weight excluding hydrogens is 224 g/mol. The van der Waals surface area contributed by atoms with Crippen molar-refractivity contribution in [2.75, 3.05) is 6.61 Å². The second-order valence-electron chi connectivity index (χ2n) is 4.45. The quantitative estimate of drug-likeness (QED) is 0.579. The van der Waals surface area contributed by atoms with Crippen molar-refractivity contribution in [1.82, 2.24) is 0 Å². The molecule has 0 amide bonds. The van der Waals surface area contributed by atoms with Gasteiger partial charge in [0.2, 0.25) is 0 Å². The van der Waals surface area contributed by atoms with Crippen LogP contribution in [0.2, 0.25) is 0 Å². The van der Waals surface area contributed by atoms with Gasteiger partial charge in [-0.05, 0) is 36.2 Å². The number of benzene rings is 2. The summed E-state index contributed by atoms with van der Waals surface area (Å²) in [4.78, 5) is 11.7. The molecule has 0 fully saturated rings. The second kappa shape index (κ2) is 5.67. The van der Waals surface area contributed by atoms with Gasteiger partial charge in [-0.25, -0.2) is 0 Å². The zero-order valence-electron chi connectivity index (χ0n) is 10.9. The van der Waals surface area contributed by atoms with Gasteiger partial charge in [-0.1, -0.05) is 37.6 Å². The van der Waals surface area contributed by atoms with Crippen molar-refractivity contribution in [3.05, 3.63) is 42.0 Å². The van der Waals surface area contributed by atoms with Crippen molar-refractivity contribution < 1.29 is 9.53 Å². The maximum Gasteiger partial charge on any atom is 0.163 e. The van der Waals surface area contributed by atoms with Gasteiger partial charge >= 0.3 is 0 Å². The van der Waals surface area contributed by atoms with Crippen LogP contribution in [0.15, 0.2) is 36.4 Å². The van der Waals surface area contributed by atoms with Gasteiger partial charge in [0, 0.05) is 0 Å². The third-order valence-corrected chi connectivity index (χ3v) is 2.98. The zero-order chi connectivity index (χ0) is 13.0. The lowest BCUT2D eigenvalue weighted by atomic mass is 10.0. The van der Waals surface area contributed by atoms with Crippen LogP contribution >= 0.6 is 0 Å². The van der Waals surface area contributed by atoms with Crippen LogP contribution in [0.25, 0.3) is 10.8 Å². The van der Waals surface area contributed by atoms with E-state index < -0.39 is 0 Å². The van der Waals surface area contributed by atoms with Crippen LogP contribution in [0.5, 0.6) is 5.75 Å². The largest absolute Gasteiger partial charge is 0.493 e. The summed E-state index contributed by atoms with van der Waals surface area (Å²) in [6.45, 7) is 4.36. The van der Waals surface area contributed by atoms with Crippen LogP contribution in [-0.4, -0.2) is 12.4 Å². The van der Waals surface area contributed by atoms with Crippen molar-refractivity contribution in [3.63, 3.8) is 0 Å². The van der Waals surface area contributed by atoms with E-state index in [4.69, 9.17) is 4.74 Å². The number of ether oxygens (including phenoxy) is 1. The molecule has 0 saturated heterocycles. The van der Waals surface area contributed by atoms with E-state index in [-0.39, 0.29) is 5.78 Å². The van der Waals surface area contributed by atoms with Crippen LogP contribution in [-0.2, 0) is 0 Å². The smallest absolute Gasteiger partial charge is 0.163 e. The first-order valence-corrected chi connectivity index (χ1v) is 6.39. The molecule has 0 unspecified atom stereocenters. The molecule has 94 valence electrons. The highest BCUT2D eigenvalue weighted by Crippen LogP contribution is 2.26. The summed E-state index contributed by atoms with van der Waals surface area (Å²) < 4.78 is 5.73. The van der Waals surface area contributed by atoms with Gasteiger partial charge < -0.3 is 4.74 Å². The summed E-state index contributed by atoms with van der Waals surface area (Å²) in [5.41, 5.74) is 0.671. The van der Waals surface area contributed by atoms with Gasteiger partial charge in [0.1, 0.15) is 5.75 Å². The predicted molar refractivity (Wildman–Crippen MR) is 74.4 cm³/mol. The average Bonchev–Trinajstić information content (AvgIpc) is 2.38. The molecule has 0 aliphatic carbocycles. The van der Waals surface area contributed by atoms with E-state index in [1.807, 2.05) is 36.4 Å². The minimum Gasteiger partial charge on any atom is -0.493 e. The molecule has 2 heteroatoms. The molecule has 0 heterocycles. The van der Waals surface area contributed by atoms with Gasteiger partial charge in [0.05, 0.1) is 12.2 Å². The standard InChI is InChI=1S/C16H18O2/c1-3-4-9-18-16-11-14-8-6-5-7-13(14)10-15(16)12(2)17/h5-8,10-11H,3-4,9H2,1-2H3. The number of unbranched alkanes of at least 4 members (excludes halogenated alkanes) is 1. The molecule has 0 saturated carbocycles. The summed E-state index contributed by atoms with van der Waals surface area (Å²) in [6, 6.07) is 11.9. The number of ketones is 1. The Morgan fingerprint density at radius 2 is 1.83 bits per heavy atom. The summed E-state index contributed by atoms with van der Waals surface area (Å²) in [5.74, 6) is 0.752. The normalized spacial score (nSPS) is 10.6. The van der Waals surface area contributed by atoms with Crippen LogP contribution < -0.4 is 4.74 Å². The van der Waals surface area contributed by atoms with Gasteiger partial charge in [-0.3, -0.25) is 4.79 Å². The monoisotopic (exact) mass is 242 g/mol. The Morgan fingerprint density at radius 3 is 2.44 bits per heavy atom. The van der Waals surface area contributed by atoms with Crippen molar-refractivity contribution in [2.45, 2.75) is 26.7 Å². The van der Waals surface area contributed by atoms with Gasteiger partial charge in [0.25, 0.3) is 0 Å². The lowest BCUT2D eigenvalue weighted by molar-refractivity contribution is 0.101. The first-order chi connectivity index (χ1) is 8.72. The summed E-state index contributed by atoms with van der Waals surface area (Å²) in [6.07, 6.45) is 2.09. The Labute approximate surface area is 108 Å². The molecule has 18 heavy (non-hydrogen) atoms. The van der Waals surface area contributed by atoms with Crippen LogP contribution in [0.3, 0.4) is 0 Å². The summed E-state index contributed by atoms with van der Waals surface area (Å²) >= 11 is 0.